The molecule has 4 heteroatoms. The van der Waals surface area contributed by atoms with Gasteiger partial charge in [-0.2, -0.15) is 0 Å². The van der Waals surface area contributed by atoms with Gasteiger partial charge in [0.2, 0.25) is 0 Å². The second-order valence-electron chi connectivity index (χ2n) is 4.81. The number of fused-ring (bicyclic) bond motifs is 1. The van der Waals surface area contributed by atoms with E-state index in [0.717, 1.165) is 21.9 Å². The molecule has 1 aromatic heterocycles. The number of halogens is 1. The molecule has 0 atom stereocenters. The van der Waals surface area contributed by atoms with Gasteiger partial charge in [-0.1, -0.05) is 36.4 Å². The van der Waals surface area contributed by atoms with Crippen molar-refractivity contribution in [2.24, 2.45) is 0 Å². The SMILES string of the molecule is COC(=O)c1ccc2c(Br)cn(Cc3ccccc3)c2c1. The Balaban J connectivity index is 2.07. The molecule has 0 spiro atoms. The first-order valence-corrected chi connectivity index (χ1v) is 7.39. The van der Waals surface area contributed by atoms with Crippen LogP contribution in [0.25, 0.3) is 10.9 Å². The minimum Gasteiger partial charge on any atom is -0.465 e. The lowest BCUT2D eigenvalue weighted by Gasteiger charge is -2.06. The Kier molecular flexibility index (Phi) is 3.80. The van der Waals surface area contributed by atoms with E-state index in [-0.39, 0.29) is 5.97 Å². The molecule has 0 aliphatic carbocycles. The first-order chi connectivity index (χ1) is 10.2. The highest BCUT2D eigenvalue weighted by atomic mass is 79.9. The number of esters is 1. The summed E-state index contributed by atoms with van der Waals surface area (Å²) in [6, 6.07) is 15.8. The summed E-state index contributed by atoms with van der Waals surface area (Å²) in [6.45, 7) is 0.758. The van der Waals surface area contributed by atoms with E-state index in [1.165, 1.54) is 12.7 Å². The average molecular weight is 344 g/mol. The lowest BCUT2D eigenvalue weighted by atomic mass is 10.1. The van der Waals surface area contributed by atoms with E-state index in [1.54, 1.807) is 6.07 Å². The molecule has 0 radical (unpaired) electrons. The number of nitrogens with zero attached hydrogens (tertiary/aromatic N) is 1. The summed E-state index contributed by atoms with van der Waals surface area (Å²) in [5.74, 6) is -0.319. The molecule has 3 aromatic rings. The highest BCUT2D eigenvalue weighted by Crippen LogP contribution is 2.28. The number of benzene rings is 2. The molecule has 3 rings (SSSR count). The molecule has 0 unspecified atom stereocenters. The van der Waals surface area contributed by atoms with Crippen molar-refractivity contribution in [1.82, 2.24) is 4.57 Å². The topological polar surface area (TPSA) is 31.2 Å². The molecule has 0 bridgehead atoms. The van der Waals surface area contributed by atoms with Crippen LogP contribution in [0.1, 0.15) is 15.9 Å². The Labute approximate surface area is 131 Å². The van der Waals surface area contributed by atoms with Crippen molar-refractivity contribution in [3.63, 3.8) is 0 Å². The zero-order valence-electron chi connectivity index (χ0n) is 11.5. The van der Waals surface area contributed by atoms with Gasteiger partial charge in [0.25, 0.3) is 0 Å². The summed E-state index contributed by atoms with van der Waals surface area (Å²) in [6.07, 6.45) is 2.04. The van der Waals surface area contributed by atoms with Crippen LogP contribution in [0.3, 0.4) is 0 Å². The first kappa shape index (κ1) is 13.9. The number of carbonyl (C=O) groups excluding carboxylic acids is 1. The van der Waals surface area contributed by atoms with Gasteiger partial charge < -0.3 is 9.30 Å². The normalized spacial score (nSPS) is 10.8. The standard InChI is InChI=1S/C17H14BrNO2/c1-21-17(20)13-7-8-14-15(18)11-19(16(14)9-13)10-12-5-3-2-4-6-12/h2-9,11H,10H2,1H3. The molecule has 0 aliphatic rings. The Bertz CT molecular complexity index is 793. The zero-order valence-corrected chi connectivity index (χ0v) is 13.1. The van der Waals surface area contributed by atoms with E-state index in [9.17, 15) is 4.79 Å². The maximum Gasteiger partial charge on any atom is 0.337 e. The fourth-order valence-electron chi connectivity index (χ4n) is 2.40. The highest BCUT2D eigenvalue weighted by Gasteiger charge is 2.11. The molecule has 3 nitrogen and oxygen atoms in total. The van der Waals surface area contributed by atoms with Crippen LogP contribution in [-0.2, 0) is 11.3 Å². The number of aromatic nitrogens is 1. The van der Waals surface area contributed by atoms with E-state index in [2.05, 4.69) is 32.6 Å². The van der Waals surface area contributed by atoms with Gasteiger partial charge in [-0.3, -0.25) is 0 Å². The minimum atomic E-state index is -0.319. The molecule has 1 heterocycles. The lowest BCUT2D eigenvalue weighted by Crippen LogP contribution is -2.02. The second-order valence-corrected chi connectivity index (χ2v) is 5.67. The maximum atomic E-state index is 11.7. The van der Waals surface area contributed by atoms with Gasteiger partial charge in [0.05, 0.1) is 18.2 Å². The van der Waals surface area contributed by atoms with E-state index < -0.39 is 0 Å². The summed E-state index contributed by atoms with van der Waals surface area (Å²) in [7, 11) is 1.39. The molecule has 0 saturated carbocycles. The Hall–Kier alpha value is -2.07. The summed E-state index contributed by atoms with van der Waals surface area (Å²) < 4.78 is 7.93. The lowest BCUT2D eigenvalue weighted by molar-refractivity contribution is 0.0601. The quantitative estimate of drug-likeness (QED) is 0.666. The van der Waals surface area contributed by atoms with Crippen LogP contribution in [0.4, 0.5) is 0 Å². The molecular weight excluding hydrogens is 330 g/mol. The van der Waals surface area contributed by atoms with Crippen molar-refractivity contribution in [2.45, 2.75) is 6.54 Å². The molecule has 2 aromatic carbocycles. The fourth-order valence-corrected chi connectivity index (χ4v) is 2.99. The third kappa shape index (κ3) is 2.72. The monoisotopic (exact) mass is 343 g/mol. The van der Waals surface area contributed by atoms with Gasteiger partial charge in [-0.15, -0.1) is 0 Å². The van der Waals surface area contributed by atoms with Crippen LogP contribution in [0.15, 0.2) is 59.2 Å². The first-order valence-electron chi connectivity index (χ1n) is 6.59. The molecule has 0 amide bonds. The van der Waals surface area contributed by atoms with Crippen LogP contribution in [0.2, 0.25) is 0 Å². The zero-order chi connectivity index (χ0) is 14.8. The number of hydrogen-bond acceptors (Lipinski definition) is 2. The molecule has 0 saturated heterocycles. The summed E-state index contributed by atoms with van der Waals surface area (Å²) in [5, 5.41) is 1.08. The summed E-state index contributed by atoms with van der Waals surface area (Å²) in [4.78, 5) is 11.7. The van der Waals surface area contributed by atoms with Crippen molar-refractivity contribution in [1.29, 1.82) is 0 Å². The Morgan fingerprint density at radius 1 is 1.19 bits per heavy atom. The van der Waals surface area contributed by atoms with Gasteiger partial charge in [0, 0.05) is 22.6 Å². The largest absolute Gasteiger partial charge is 0.465 e. The van der Waals surface area contributed by atoms with Crippen molar-refractivity contribution in [3.8, 4) is 0 Å². The molecule has 0 aliphatic heterocycles. The van der Waals surface area contributed by atoms with E-state index in [0.29, 0.717) is 5.56 Å². The number of carbonyl (C=O) groups is 1. The molecule has 0 fully saturated rings. The Morgan fingerprint density at radius 2 is 1.95 bits per heavy atom. The van der Waals surface area contributed by atoms with Gasteiger partial charge in [0.15, 0.2) is 0 Å². The van der Waals surface area contributed by atoms with Gasteiger partial charge >= 0.3 is 5.97 Å². The fraction of sp³-hybridized carbons (Fsp3) is 0.118. The smallest absolute Gasteiger partial charge is 0.337 e. The van der Waals surface area contributed by atoms with Crippen LogP contribution in [0.5, 0.6) is 0 Å². The number of methoxy groups -OCH3 is 1. The number of ether oxygens (including phenoxy) is 1. The van der Waals surface area contributed by atoms with Crippen molar-refractivity contribution in [2.75, 3.05) is 7.11 Å². The van der Waals surface area contributed by atoms with Crippen molar-refractivity contribution < 1.29 is 9.53 Å². The molecule has 21 heavy (non-hydrogen) atoms. The number of hydrogen-bond donors (Lipinski definition) is 0. The highest BCUT2D eigenvalue weighted by molar-refractivity contribution is 9.10. The maximum absolute atomic E-state index is 11.7. The van der Waals surface area contributed by atoms with Gasteiger partial charge in [0.1, 0.15) is 0 Å². The van der Waals surface area contributed by atoms with Crippen LogP contribution in [-0.4, -0.2) is 17.6 Å². The van der Waals surface area contributed by atoms with Gasteiger partial charge in [-0.25, -0.2) is 4.79 Å². The molecule has 0 N–H and O–H groups in total. The third-order valence-electron chi connectivity index (χ3n) is 3.45. The van der Waals surface area contributed by atoms with Crippen LogP contribution >= 0.6 is 15.9 Å². The molecule has 106 valence electrons. The number of rotatable bonds is 3. The predicted octanol–water partition coefficient (Wildman–Crippen LogP) is 4.24. The second kappa shape index (κ2) is 5.74. The third-order valence-corrected chi connectivity index (χ3v) is 4.08. The van der Waals surface area contributed by atoms with E-state index in [4.69, 9.17) is 4.74 Å². The van der Waals surface area contributed by atoms with Crippen molar-refractivity contribution >= 4 is 32.8 Å². The Morgan fingerprint density at radius 3 is 2.67 bits per heavy atom. The average Bonchev–Trinajstić information content (AvgIpc) is 2.83. The van der Waals surface area contributed by atoms with Crippen molar-refractivity contribution in [3.05, 3.63) is 70.3 Å². The summed E-state index contributed by atoms with van der Waals surface area (Å²) in [5.41, 5.74) is 2.78. The van der Waals surface area contributed by atoms with E-state index >= 15 is 0 Å². The van der Waals surface area contributed by atoms with Crippen LogP contribution < -0.4 is 0 Å². The van der Waals surface area contributed by atoms with E-state index in [1.807, 2.05) is 36.5 Å². The predicted molar refractivity (Wildman–Crippen MR) is 86.5 cm³/mol. The molecular formula is C17H14BrNO2. The minimum absolute atomic E-state index is 0.319. The summed E-state index contributed by atoms with van der Waals surface area (Å²) >= 11 is 3.57. The van der Waals surface area contributed by atoms with Gasteiger partial charge in [-0.05, 0) is 33.6 Å². The van der Waals surface area contributed by atoms with Crippen LogP contribution in [0, 0.1) is 0 Å².